The summed E-state index contributed by atoms with van der Waals surface area (Å²) in [5, 5.41) is 3.28. The van der Waals surface area contributed by atoms with Gasteiger partial charge in [-0.15, -0.1) is 0 Å². The fourth-order valence-electron chi connectivity index (χ4n) is 1.84. The molecule has 106 valence electrons. The molecule has 0 saturated heterocycles. The molecule has 0 aliphatic carbocycles. The zero-order valence-corrected chi connectivity index (χ0v) is 13.1. The molecule has 0 aliphatic heterocycles. The number of hydrogen-bond donors (Lipinski definition) is 1. The van der Waals surface area contributed by atoms with Crippen molar-refractivity contribution >= 4 is 21.6 Å². The van der Waals surface area contributed by atoms with Crippen molar-refractivity contribution in [2.75, 3.05) is 5.32 Å². The molecular formula is C16H17BrFNO. The van der Waals surface area contributed by atoms with E-state index in [4.69, 9.17) is 4.74 Å². The second-order valence-corrected chi connectivity index (χ2v) is 5.61. The Morgan fingerprint density at radius 2 is 1.95 bits per heavy atom. The first-order chi connectivity index (χ1) is 9.56. The first-order valence-corrected chi connectivity index (χ1v) is 7.29. The maximum absolute atomic E-state index is 13.0. The highest BCUT2D eigenvalue weighted by atomic mass is 79.9. The molecule has 0 saturated carbocycles. The molecule has 0 bridgehead atoms. The number of halogens is 2. The molecule has 0 fully saturated rings. The van der Waals surface area contributed by atoms with Gasteiger partial charge in [0.2, 0.25) is 0 Å². The minimum Gasteiger partial charge on any atom is -0.491 e. The van der Waals surface area contributed by atoms with Crippen molar-refractivity contribution < 1.29 is 9.13 Å². The van der Waals surface area contributed by atoms with Gasteiger partial charge in [0.25, 0.3) is 0 Å². The second-order valence-electron chi connectivity index (χ2n) is 4.75. The smallest absolute Gasteiger partial charge is 0.124 e. The largest absolute Gasteiger partial charge is 0.491 e. The lowest BCUT2D eigenvalue weighted by molar-refractivity contribution is 0.240. The summed E-state index contributed by atoms with van der Waals surface area (Å²) >= 11 is 3.35. The van der Waals surface area contributed by atoms with E-state index in [0.717, 1.165) is 17.0 Å². The van der Waals surface area contributed by atoms with Crippen LogP contribution in [0, 0.1) is 5.82 Å². The van der Waals surface area contributed by atoms with Crippen LogP contribution in [0.1, 0.15) is 19.4 Å². The summed E-state index contributed by atoms with van der Waals surface area (Å²) in [6, 6.07) is 12.5. The summed E-state index contributed by atoms with van der Waals surface area (Å²) < 4.78 is 19.5. The third kappa shape index (κ3) is 3.97. The average molecular weight is 338 g/mol. The molecule has 0 aliphatic rings. The fourth-order valence-corrected chi connectivity index (χ4v) is 2.33. The zero-order valence-electron chi connectivity index (χ0n) is 11.5. The molecule has 4 heteroatoms. The molecular weight excluding hydrogens is 321 g/mol. The normalized spacial score (nSPS) is 10.7. The van der Waals surface area contributed by atoms with E-state index in [9.17, 15) is 4.39 Å². The van der Waals surface area contributed by atoms with Gasteiger partial charge in [0, 0.05) is 22.3 Å². The lowest BCUT2D eigenvalue weighted by atomic mass is 10.2. The minimum absolute atomic E-state index is 0.133. The summed E-state index contributed by atoms with van der Waals surface area (Å²) in [5.41, 5.74) is 1.92. The molecule has 1 N–H and O–H groups in total. The van der Waals surface area contributed by atoms with Gasteiger partial charge < -0.3 is 10.1 Å². The quantitative estimate of drug-likeness (QED) is 0.829. The molecule has 0 atom stereocenters. The molecule has 0 amide bonds. The van der Waals surface area contributed by atoms with E-state index in [1.54, 1.807) is 6.07 Å². The number of nitrogens with one attached hydrogen (secondary N) is 1. The molecule has 0 spiro atoms. The number of hydrogen-bond acceptors (Lipinski definition) is 2. The average Bonchev–Trinajstić information content (AvgIpc) is 2.39. The van der Waals surface area contributed by atoms with Gasteiger partial charge >= 0.3 is 0 Å². The van der Waals surface area contributed by atoms with Gasteiger partial charge in [0.05, 0.1) is 6.10 Å². The maximum Gasteiger partial charge on any atom is 0.124 e. The summed E-state index contributed by atoms with van der Waals surface area (Å²) in [4.78, 5) is 0. The SMILES string of the molecule is CC(C)Oc1ccccc1CNc1ccc(F)cc1Br. The van der Waals surface area contributed by atoms with Crippen molar-refractivity contribution in [3.63, 3.8) is 0 Å². The first kappa shape index (κ1) is 14.9. The fraction of sp³-hybridized carbons (Fsp3) is 0.250. The van der Waals surface area contributed by atoms with Gasteiger partial charge in [-0.25, -0.2) is 4.39 Å². The molecule has 0 heterocycles. The van der Waals surface area contributed by atoms with Gasteiger partial charge in [-0.2, -0.15) is 0 Å². The van der Waals surface area contributed by atoms with Crippen LogP contribution in [-0.4, -0.2) is 6.10 Å². The van der Waals surface area contributed by atoms with E-state index < -0.39 is 0 Å². The van der Waals surface area contributed by atoms with Crippen LogP contribution in [0.3, 0.4) is 0 Å². The number of para-hydroxylation sites is 1. The van der Waals surface area contributed by atoms with Gasteiger partial charge in [-0.3, -0.25) is 0 Å². The lowest BCUT2D eigenvalue weighted by Crippen LogP contribution is -2.09. The van der Waals surface area contributed by atoms with Crippen LogP contribution >= 0.6 is 15.9 Å². The standard InChI is InChI=1S/C16H17BrFNO/c1-11(2)20-16-6-4-3-5-12(16)10-19-15-8-7-13(18)9-14(15)17/h3-9,11,19H,10H2,1-2H3. The summed E-state index contributed by atoms with van der Waals surface area (Å²) in [6.45, 7) is 4.62. The van der Waals surface area contributed by atoms with Gasteiger partial charge in [0.15, 0.2) is 0 Å². The van der Waals surface area contributed by atoms with Crippen LogP contribution in [0.5, 0.6) is 5.75 Å². The second kappa shape index (κ2) is 6.75. The van der Waals surface area contributed by atoms with E-state index in [-0.39, 0.29) is 11.9 Å². The van der Waals surface area contributed by atoms with E-state index in [1.807, 2.05) is 38.1 Å². The Balaban J connectivity index is 2.10. The van der Waals surface area contributed by atoms with Gasteiger partial charge in [0.1, 0.15) is 11.6 Å². The third-order valence-electron chi connectivity index (χ3n) is 2.74. The first-order valence-electron chi connectivity index (χ1n) is 6.49. The van der Waals surface area contributed by atoms with Crippen LogP contribution in [-0.2, 0) is 6.54 Å². The summed E-state index contributed by atoms with van der Waals surface area (Å²) in [5.74, 6) is 0.610. The molecule has 2 nitrogen and oxygen atoms in total. The van der Waals surface area contributed by atoms with E-state index in [2.05, 4.69) is 21.2 Å². The number of benzene rings is 2. The van der Waals surface area contributed by atoms with Crippen molar-refractivity contribution in [2.45, 2.75) is 26.5 Å². The monoisotopic (exact) mass is 337 g/mol. The Kier molecular flexibility index (Phi) is 5.01. The Labute approximate surface area is 127 Å². The lowest BCUT2D eigenvalue weighted by Gasteiger charge is -2.15. The number of anilines is 1. The Morgan fingerprint density at radius 1 is 1.20 bits per heavy atom. The van der Waals surface area contributed by atoms with Crippen molar-refractivity contribution in [2.24, 2.45) is 0 Å². The van der Waals surface area contributed by atoms with Crippen LogP contribution in [0.4, 0.5) is 10.1 Å². The van der Waals surface area contributed by atoms with E-state index in [0.29, 0.717) is 11.0 Å². The minimum atomic E-state index is -0.258. The Bertz CT molecular complexity index is 586. The molecule has 20 heavy (non-hydrogen) atoms. The van der Waals surface area contributed by atoms with Gasteiger partial charge in [-0.05, 0) is 54.0 Å². The molecule has 2 aromatic carbocycles. The van der Waals surface area contributed by atoms with Crippen molar-refractivity contribution in [1.29, 1.82) is 0 Å². The van der Waals surface area contributed by atoms with E-state index in [1.165, 1.54) is 12.1 Å². The zero-order chi connectivity index (χ0) is 14.5. The van der Waals surface area contributed by atoms with E-state index >= 15 is 0 Å². The molecule has 0 aromatic heterocycles. The van der Waals surface area contributed by atoms with Crippen LogP contribution in [0.25, 0.3) is 0 Å². The van der Waals surface area contributed by atoms with Crippen molar-refractivity contribution in [3.8, 4) is 5.75 Å². The number of ether oxygens (including phenoxy) is 1. The van der Waals surface area contributed by atoms with Crippen LogP contribution in [0.2, 0.25) is 0 Å². The predicted molar refractivity (Wildman–Crippen MR) is 83.6 cm³/mol. The van der Waals surface area contributed by atoms with Gasteiger partial charge in [-0.1, -0.05) is 18.2 Å². The maximum atomic E-state index is 13.0. The van der Waals surface area contributed by atoms with Crippen molar-refractivity contribution in [1.82, 2.24) is 0 Å². The number of rotatable bonds is 5. The van der Waals surface area contributed by atoms with Crippen LogP contribution in [0.15, 0.2) is 46.9 Å². The Morgan fingerprint density at radius 3 is 2.65 bits per heavy atom. The molecule has 0 radical (unpaired) electrons. The molecule has 2 aromatic rings. The Hall–Kier alpha value is -1.55. The summed E-state index contributed by atoms with van der Waals surface area (Å²) in [7, 11) is 0. The van der Waals surface area contributed by atoms with Crippen LogP contribution < -0.4 is 10.1 Å². The molecule has 2 rings (SSSR count). The third-order valence-corrected chi connectivity index (χ3v) is 3.39. The molecule has 0 unspecified atom stereocenters. The highest BCUT2D eigenvalue weighted by molar-refractivity contribution is 9.10. The highest BCUT2D eigenvalue weighted by Gasteiger charge is 2.06. The predicted octanol–water partition coefficient (Wildman–Crippen LogP) is 4.99. The van der Waals surface area contributed by atoms with Crippen molar-refractivity contribution in [3.05, 3.63) is 58.3 Å². The summed E-state index contributed by atoms with van der Waals surface area (Å²) in [6.07, 6.45) is 0.133. The topological polar surface area (TPSA) is 21.3 Å². The highest BCUT2D eigenvalue weighted by Crippen LogP contribution is 2.25.